The summed E-state index contributed by atoms with van der Waals surface area (Å²) in [6.45, 7) is 0.456. The second-order valence-corrected chi connectivity index (χ2v) is 5.71. The van der Waals surface area contributed by atoms with Crippen LogP contribution in [0.2, 0.25) is 0 Å². The van der Waals surface area contributed by atoms with Crippen LogP contribution in [0.4, 0.5) is 8.78 Å². The fraction of sp³-hybridized carbons (Fsp3) is 0.167. The van der Waals surface area contributed by atoms with Crippen LogP contribution in [-0.2, 0) is 6.54 Å². The van der Waals surface area contributed by atoms with E-state index in [9.17, 15) is 8.78 Å². The molecule has 1 nitrogen and oxygen atoms in total. The molecule has 5 heteroatoms. The number of benzene rings is 1. The SMILES string of the molecule is CNCc1cc(F)c(Sc2cccs2)c(F)c1. The Morgan fingerprint density at radius 2 is 2.00 bits per heavy atom. The number of thiophene rings is 1. The average molecular weight is 271 g/mol. The third-order valence-electron chi connectivity index (χ3n) is 2.14. The van der Waals surface area contributed by atoms with E-state index >= 15 is 0 Å². The van der Waals surface area contributed by atoms with Crippen LogP contribution >= 0.6 is 23.1 Å². The molecular weight excluding hydrogens is 260 g/mol. The van der Waals surface area contributed by atoms with Gasteiger partial charge in [-0.15, -0.1) is 11.3 Å². The first-order valence-electron chi connectivity index (χ1n) is 5.04. The molecule has 0 radical (unpaired) electrons. The van der Waals surface area contributed by atoms with Gasteiger partial charge in [-0.2, -0.15) is 0 Å². The van der Waals surface area contributed by atoms with Crippen molar-refractivity contribution in [2.24, 2.45) is 0 Å². The second kappa shape index (κ2) is 5.62. The van der Waals surface area contributed by atoms with Crippen molar-refractivity contribution < 1.29 is 8.78 Å². The minimum absolute atomic E-state index is 0.0623. The summed E-state index contributed by atoms with van der Waals surface area (Å²) >= 11 is 2.59. The first-order chi connectivity index (χ1) is 8.20. The van der Waals surface area contributed by atoms with E-state index in [4.69, 9.17) is 0 Å². The number of halogens is 2. The molecular formula is C12H11F2NS2. The summed E-state index contributed by atoms with van der Waals surface area (Å²) in [6, 6.07) is 6.44. The van der Waals surface area contributed by atoms with Gasteiger partial charge < -0.3 is 5.32 Å². The Labute approximate surface area is 107 Å². The smallest absolute Gasteiger partial charge is 0.140 e. The normalized spacial score (nSPS) is 10.8. The number of hydrogen-bond donors (Lipinski definition) is 1. The Balaban J connectivity index is 2.28. The van der Waals surface area contributed by atoms with E-state index in [1.807, 2.05) is 17.5 Å². The Morgan fingerprint density at radius 3 is 2.53 bits per heavy atom. The zero-order valence-electron chi connectivity index (χ0n) is 9.17. The lowest BCUT2D eigenvalue weighted by atomic mass is 10.2. The number of rotatable bonds is 4. The molecule has 1 N–H and O–H groups in total. The Bertz CT molecular complexity index is 474. The van der Waals surface area contributed by atoms with Gasteiger partial charge in [0.05, 0.1) is 9.10 Å². The lowest BCUT2D eigenvalue weighted by Crippen LogP contribution is -2.06. The minimum atomic E-state index is -0.506. The molecule has 0 atom stereocenters. The summed E-state index contributed by atoms with van der Waals surface area (Å²) in [5.41, 5.74) is 0.609. The van der Waals surface area contributed by atoms with Crippen molar-refractivity contribution in [1.82, 2.24) is 5.32 Å². The lowest BCUT2D eigenvalue weighted by Gasteiger charge is -2.06. The highest BCUT2D eigenvalue weighted by Gasteiger charge is 2.12. The number of hydrogen-bond acceptors (Lipinski definition) is 3. The van der Waals surface area contributed by atoms with E-state index in [-0.39, 0.29) is 4.90 Å². The van der Waals surface area contributed by atoms with Gasteiger partial charge in [-0.1, -0.05) is 17.8 Å². The topological polar surface area (TPSA) is 12.0 Å². The van der Waals surface area contributed by atoms with E-state index in [0.29, 0.717) is 12.1 Å². The van der Waals surface area contributed by atoms with Crippen molar-refractivity contribution in [2.45, 2.75) is 15.6 Å². The van der Waals surface area contributed by atoms with Gasteiger partial charge in [0.15, 0.2) is 0 Å². The van der Waals surface area contributed by atoms with Crippen molar-refractivity contribution in [3.05, 3.63) is 46.8 Å². The van der Waals surface area contributed by atoms with Gasteiger partial charge in [-0.05, 0) is 36.2 Å². The molecule has 0 bridgehead atoms. The first kappa shape index (κ1) is 12.5. The van der Waals surface area contributed by atoms with E-state index in [2.05, 4.69) is 5.32 Å². The van der Waals surface area contributed by atoms with Crippen LogP contribution in [0.25, 0.3) is 0 Å². The molecule has 2 rings (SSSR count). The highest BCUT2D eigenvalue weighted by atomic mass is 32.2. The first-order valence-corrected chi connectivity index (χ1v) is 6.74. The van der Waals surface area contributed by atoms with Gasteiger partial charge in [0.2, 0.25) is 0 Å². The molecule has 0 saturated heterocycles. The van der Waals surface area contributed by atoms with Crippen LogP contribution < -0.4 is 5.32 Å². The summed E-state index contributed by atoms with van der Waals surface area (Å²) < 4.78 is 28.4. The molecule has 0 aliphatic rings. The van der Waals surface area contributed by atoms with Crippen LogP contribution in [0.5, 0.6) is 0 Å². The van der Waals surface area contributed by atoms with Crippen LogP contribution in [-0.4, -0.2) is 7.05 Å². The van der Waals surface area contributed by atoms with Crippen LogP contribution in [0, 0.1) is 11.6 Å². The highest BCUT2D eigenvalue weighted by Crippen LogP contribution is 2.35. The largest absolute Gasteiger partial charge is 0.316 e. The molecule has 0 spiro atoms. The third-order valence-corrected chi connectivity index (χ3v) is 4.27. The predicted octanol–water partition coefficient (Wildman–Crippen LogP) is 3.90. The maximum absolute atomic E-state index is 13.7. The molecule has 0 unspecified atom stereocenters. The van der Waals surface area contributed by atoms with Crippen molar-refractivity contribution in [3.8, 4) is 0 Å². The highest BCUT2D eigenvalue weighted by molar-refractivity contribution is 8.01. The fourth-order valence-electron chi connectivity index (χ4n) is 1.44. The zero-order valence-corrected chi connectivity index (χ0v) is 10.8. The molecule has 0 amide bonds. The molecule has 1 aromatic carbocycles. The molecule has 0 aliphatic heterocycles. The molecule has 2 aromatic rings. The van der Waals surface area contributed by atoms with Crippen LogP contribution in [0.3, 0.4) is 0 Å². The number of nitrogens with one attached hydrogen (secondary N) is 1. The fourth-order valence-corrected chi connectivity index (χ4v) is 3.16. The third kappa shape index (κ3) is 3.06. The standard InChI is InChI=1S/C12H11F2NS2/c1-15-7-8-5-9(13)12(10(14)6-8)17-11-3-2-4-16-11/h2-6,15H,7H2,1H3. The Hall–Kier alpha value is -0.910. The van der Waals surface area contributed by atoms with E-state index in [1.54, 1.807) is 7.05 Å². The second-order valence-electron chi connectivity index (χ2n) is 3.45. The molecule has 1 heterocycles. The van der Waals surface area contributed by atoms with Crippen molar-refractivity contribution in [3.63, 3.8) is 0 Å². The molecule has 1 aromatic heterocycles. The van der Waals surface area contributed by atoms with Crippen LogP contribution in [0.1, 0.15) is 5.56 Å². The molecule has 0 aliphatic carbocycles. The van der Waals surface area contributed by atoms with Gasteiger partial charge in [-0.25, -0.2) is 8.78 Å². The molecule has 17 heavy (non-hydrogen) atoms. The minimum Gasteiger partial charge on any atom is -0.316 e. The summed E-state index contributed by atoms with van der Waals surface area (Å²) in [5, 5.41) is 4.75. The predicted molar refractivity (Wildman–Crippen MR) is 67.6 cm³/mol. The molecule has 0 fully saturated rings. The van der Waals surface area contributed by atoms with Crippen molar-refractivity contribution >= 4 is 23.1 Å². The monoisotopic (exact) mass is 271 g/mol. The van der Waals surface area contributed by atoms with Crippen molar-refractivity contribution in [1.29, 1.82) is 0 Å². The zero-order chi connectivity index (χ0) is 12.3. The van der Waals surface area contributed by atoms with Gasteiger partial charge in [0.1, 0.15) is 11.6 Å². The summed E-state index contributed by atoms with van der Waals surface area (Å²) in [4.78, 5) is 0.0623. The van der Waals surface area contributed by atoms with Crippen molar-refractivity contribution in [2.75, 3.05) is 7.05 Å². The van der Waals surface area contributed by atoms with Crippen LogP contribution in [0.15, 0.2) is 38.8 Å². The quantitative estimate of drug-likeness (QED) is 0.905. The lowest BCUT2D eigenvalue weighted by molar-refractivity contribution is 0.536. The Kier molecular flexibility index (Phi) is 4.15. The summed E-state index contributed by atoms with van der Waals surface area (Å²) in [5.74, 6) is -1.01. The van der Waals surface area contributed by atoms with E-state index in [0.717, 1.165) is 16.0 Å². The maximum Gasteiger partial charge on any atom is 0.140 e. The van der Waals surface area contributed by atoms with E-state index < -0.39 is 11.6 Å². The summed E-state index contributed by atoms with van der Waals surface area (Å²) in [7, 11) is 1.74. The summed E-state index contributed by atoms with van der Waals surface area (Å²) in [6.07, 6.45) is 0. The Morgan fingerprint density at radius 1 is 1.29 bits per heavy atom. The van der Waals surface area contributed by atoms with Gasteiger partial charge in [0, 0.05) is 6.54 Å². The van der Waals surface area contributed by atoms with E-state index in [1.165, 1.54) is 23.5 Å². The molecule has 0 saturated carbocycles. The maximum atomic E-state index is 13.7. The molecule has 90 valence electrons. The average Bonchev–Trinajstić information content (AvgIpc) is 2.76. The van der Waals surface area contributed by atoms with Gasteiger partial charge in [0.25, 0.3) is 0 Å². The van der Waals surface area contributed by atoms with Gasteiger partial charge >= 0.3 is 0 Å². The van der Waals surface area contributed by atoms with Gasteiger partial charge in [-0.3, -0.25) is 0 Å².